The fourth-order valence-electron chi connectivity index (χ4n) is 6.39. The fourth-order valence-corrected chi connectivity index (χ4v) is 6.39. The van der Waals surface area contributed by atoms with Crippen LogP contribution in [0.3, 0.4) is 0 Å². The number of methoxy groups -OCH3 is 1. The molecular weight excluding hydrogens is 773 g/mol. The Balaban J connectivity index is 0.000000184. The Bertz CT molecular complexity index is 2810. The maximum Gasteiger partial charge on any atom is 0.339 e. The second-order valence-corrected chi connectivity index (χ2v) is 13.9. The topological polar surface area (TPSA) is 147 Å². The molecule has 61 heavy (non-hydrogen) atoms. The number of aromatic carboxylic acids is 2. The molecule has 0 amide bonds. The molecule has 0 aliphatic heterocycles. The summed E-state index contributed by atoms with van der Waals surface area (Å²) in [5.41, 5.74) is 6.41. The van der Waals surface area contributed by atoms with Gasteiger partial charge >= 0.3 is 11.9 Å². The molecule has 6 aromatic carbocycles. The number of nitrogens with zero attached hydrogens (tertiary/aromatic N) is 2. The summed E-state index contributed by atoms with van der Waals surface area (Å²) in [6, 6.07) is 48.8. The van der Waals surface area contributed by atoms with Gasteiger partial charge < -0.3 is 33.9 Å². The number of para-hydroxylation sites is 2. The fraction of sp³-hybridized carbons (Fsp3) is 0.120. The number of pyridine rings is 2. The third-order valence-corrected chi connectivity index (χ3v) is 9.53. The number of aromatic nitrogens is 2. The van der Waals surface area contributed by atoms with Gasteiger partial charge in [-0.05, 0) is 90.3 Å². The van der Waals surface area contributed by atoms with Crippen LogP contribution in [-0.2, 0) is 26.4 Å². The number of ether oxygens (including phenoxy) is 5. The van der Waals surface area contributed by atoms with E-state index in [2.05, 4.69) is 9.97 Å². The molecule has 0 unspecified atom stereocenters. The van der Waals surface area contributed by atoms with E-state index < -0.39 is 11.9 Å². The molecular formula is C50H42N2O9. The first-order valence-electron chi connectivity index (χ1n) is 19.3. The molecule has 0 atom stereocenters. The Kier molecular flexibility index (Phi) is 13.3. The van der Waals surface area contributed by atoms with Crippen molar-refractivity contribution in [3.8, 4) is 28.7 Å². The number of rotatable bonds is 15. The van der Waals surface area contributed by atoms with Crippen LogP contribution in [0.4, 0.5) is 0 Å². The van der Waals surface area contributed by atoms with Crippen LogP contribution in [0.2, 0.25) is 0 Å². The van der Waals surface area contributed by atoms with Crippen molar-refractivity contribution in [2.24, 2.45) is 0 Å². The number of carboxylic acids is 2. The summed E-state index contributed by atoms with van der Waals surface area (Å²) in [5.74, 6) is 1.03. The van der Waals surface area contributed by atoms with Gasteiger partial charge in [0.15, 0.2) is 0 Å². The van der Waals surface area contributed by atoms with Gasteiger partial charge in [0.1, 0.15) is 60.7 Å². The molecule has 0 spiro atoms. The number of fused-ring (bicyclic) bond motifs is 2. The van der Waals surface area contributed by atoms with Gasteiger partial charge in [0.05, 0.1) is 35.1 Å². The number of carbonyl (C=O) groups is 2. The van der Waals surface area contributed by atoms with E-state index in [0.717, 1.165) is 44.3 Å². The van der Waals surface area contributed by atoms with Crippen molar-refractivity contribution >= 4 is 33.7 Å². The third-order valence-electron chi connectivity index (χ3n) is 9.53. The minimum Gasteiger partial charge on any atom is -0.496 e. The van der Waals surface area contributed by atoms with E-state index in [9.17, 15) is 14.7 Å². The van der Waals surface area contributed by atoms with Gasteiger partial charge in [0, 0.05) is 22.9 Å². The van der Waals surface area contributed by atoms with Gasteiger partial charge in [-0.15, -0.1) is 0 Å². The van der Waals surface area contributed by atoms with Gasteiger partial charge in [-0.1, -0.05) is 78.9 Å². The zero-order valence-electron chi connectivity index (χ0n) is 33.5. The molecule has 0 saturated carbocycles. The van der Waals surface area contributed by atoms with Crippen LogP contribution < -0.4 is 23.7 Å². The van der Waals surface area contributed by atoms with E-state index >= 15 is 0 Å². The molecule has 2 heterocycles. The van der Waals surface area contributed by atoms with Crippen molar-refractivity contribution in [1.82, 2.24) is 9.97 Å². The van der Waals surface area contributed by atoms with Gasteiger partial charge in [-0.25, -0.2) is 19.6 Å². The molecule has 2 N–H and O–H groups in total. The van der Waals surface area contributed by atoms with Crippen molar-refractivity contribution in [1.29, 1.82) is 0 Å². The van der Waals surface area contributed by atoms with Crippen LogP contribution in [0.1, 0.15) is 48.8 Å². The zero-order valence-corrected chi connectivity index (χ0v) is 33.5. The van der Waals surface area contributed by atoms with E-state index in [4.69, 9.17) is 28.8 Å². The normalized spacial score (nSPS) is 10.7. The predicted octanol–water partition coefficient (Wildman–Crippen LogP) is 10.5. The van der Waals surface area contributed by atoms with Crippen molar-refractivity contribution < 1.29 is 43.5 Å². The zero-order chi connectivity index (χ0) is 42.6. The summed E-state index contributed by atoms with van der Waals surface area (Å²) in [7, 11) is 1.44. The number of benzene rings is 6. The Morgan fingerprint density at radius 1 is 0.475 bits per heavy atom. The Morgan fingerprint density at radius 2 is 0.918 bits per heavy atom. The monoisotopic (exact) mass is 814 g/mol. The Morgan fingerprint density at radius 3 is 1.38 bits per heavy atom. The van der Waals surface area contributed by atoms with E-state index in [-0.39, 0.29) is 12.2 Å². The SMILES string of the molecule is COc1cc(COc2cccc(OCc3ccc4ccccc4n3)c2)ccc1C(=O)O.Cc1cc(COc2cccc(OCc3ccc4ccccc4n3)c2)ccc1C(=O)O. The highest BCUT2D eigenvalue weighted by molar-refractivity contribution is 5.91. The van der Waals surface area contributed by atoms with Gasteiger partial charge in [-0.3, -0.25) is 0 Å². The number of hydrogen-bond acceptors (Lipinski definition) is 9. The van der Waals surface area contributed by atoms with Crippen molar-refractivity contribution in [2.75, 3.05) is 7.11 Å². The van der Waals surface area contributed by atoms with Gasteiger partial charge in [-0.2, -0.15) is 0 Å². The summed E-state index contributed by atoms with van der Waals surface area (Å²) < 4.78 is 28.6. The molecule has 0 bridgehead atoms. The molecule has 0 aliphatic rings. The molecule has 11 nitrogen and oxygen atoms in total. The molecule has 0 aliphatic carbocycles. The van der Waals surface area contributed by atoms with Gasteiger partial charge in [0.25, 0.3) is 0 Å². The molecule has 0 fully saturated rings. The van der Waals surface area contributed by atoms with E-state index in [1.54, 1.807) is 31.2 Å². The van der Waals surface area contributed by atoms with Crippen molar-refractivity contribution in [2.45, 2.75) is 33.4 Å². The third kappa shape index (κ3) is 11.2. The first-order chi connectivity index (χ1) is 29.7. The average molecular weight is 815 g/mol. The lowest BCUT2D eigenvalue weighted by Crippen LogP contribution is -2.03. The smallest absolute Gasteiger partial charge is 0.339 e. The maximum atomic E-state index is 11.2. The summed E-state index contributed by atoms with van der Waals surface area (Å²) >= 11 is 0. The van der Waals surface area contributed by atoms with Crippen LogP contribution in [0.5, 0.6) is 28.7 Å². The molecule has 306 valence electrons. The summed E-state index contributed by atoms with van der Waals surface area (Å²) in [6.45, 7) is 3.11. The average Bonchev–Trinajstić information content (AvgIpc) is 3.29. The largest absolute Gasteiger partial charge is 0.496 e. The number of carboxylic acid groups (broad SMARTS) is 2. The molecule has 2 aromatic heterocycles. The number of hydrogen-bond donors (Lipinski definition) is 2. The van der Waals surface area contributed by atoms with E-state index in [1.807, 2.05) is 127 Å². The minimum absolute atomic E-state index is 0.115. The Hall–Kier alpha value is -7.92. The molecule has 0 saturated heterocycles. The second kappa shape index (κ2) is 19.7. The van der Waals surface area contributed by atoms with E-state index in [1.165, 1.54) is 13.2 Å². The lowest BCUT2D eigenvalue weighted by atomic mass is 10.1. The molecule has 8 rings (SSSR count). The standard InChI is InChI=1S/C25H21NO5.C25H21NO4/c1-29-24-13-17(9-12-22(24)25(27)28)15-30-20-6-4-7-21(14-20)31-16-19-11-10-18-5-2-3-8-23(18)26-19;1-17-13-18(9-12-23(17)25(27)28)15-29-21-6-4-7-22(14-21)30-16-20-11-10-19-5-2-3-8-24(19)26-20/h2-14H,15-16H2,1H3,(H,27,28);2-14H,15-16H2,1H3,(H,27,28). The first-order valence-corrected chi connectivity index (χ1v) is 19.3. The molecule has 0 radical (unpaired) electrons. The first kappa shape index (κ1) is 41.2. The lowest BCUT2D eigenvalue weighted by molar-refractivity contribution is 0.0683. The van der Waals surface area contributed by atoms with Crippen LogP contribution in [0.25, 0.3) is 21.8 Å². The van der Waals surface area contributed by atoms with Crippen LogP contribution in [0.15, 0.2) is 158 Å². The Labute approximate surface area is 352 Å². The highest BCUT2D eigenvalue weighted by atomic mass is 16.5. The summed E-state index contributed by atoms with van der Waals surface area (Å²) in [5, 5.41) is 20.5. The maximum absolute atomic E-state index is 11.2. The summed E-state index contributed by atoms with van der Waals surface area (Å²) in [6.07, 6.45) is 0. The quantitative estimate of drug-likeness (QED) is 0.102. The lowest BCUT2D eigenvalue weighted by Gasteiger charge is -2.11. The van der Waals surface area contributed by atoms with Crippen LogP contribution >= 0.6 is 0 Å². The van der Waals surface area contributed by atoms with Gasteiger partial charge in [0.2, 0.25) is 0 Å². The van der Waals surface area contributed by atoms with Crippen molar-refractivity contribution in [3.63, 3.8) is 0 Å². The van der Waals surface area contributed by atoms with Crippen LogP contribution in [-0.4, -0.2) is 39.2 Å². The second-order valence-electron chi connectivity index (χ2n) is 13.9. The minimum atomic E-state index is -1.03. The van der Waals surface area contributed by atoms with E-state index in [0.29, 0.717) is 59.7 Å². The van der Waals surface area contributed by atoms with Crippen LogP contribution in [0, 0.1) is 6.92 Å². The number of aryl methyl sites for hydroxylation is 1. The summed E-state index contributed by atoms with van der Waals surface area (Å²) in [4.78, 5) is 31.6. The predicted molar refractivity (Wildman–Crippen MR) is 232 cm³/mol. The van der Waals surface area contributed by atoms with Crippen molar-refractivity contribution in [3.05, 3.63) is 197 Å². The molecule has 8 aromatic rings. The highest BCUT2D eigenvalue weighted by Gasteiger charge is 2.12. The molecule has 11 heteroatoms. The highest BCUT2D eigenvalue weighted by Crippen LogP contribution is 2.25.